The van der Waals surface area contributed by atoms with Crippen LogP contribution in [0, 0.1) is 0 Å². The molecule has 26 heavy (non-hydrogen) atoms. The summed E-state index contributed by atoms with van der Waals surface area (Å²) in [5.41, 5.74) is 1.68. The van der Waals surface area contributed by atoms with Crippen LogP contribution in [0.15, 0.2) is 80.8 Å². The van der Waals surface area contributed by atoms with E-state index in [0.29, 0.717) is 5.76 Å². The van der Waals surface area contributed by atoms with Crippen molar-refractivity contribution in [2.45, 2.75) is 6.04 Å². The van der Waals surface area contributed by atoms with E-state index in [4.69, 9.17) is 39.3 Å². The third-order valence-electron chi connectivity index (χ3n) is 3.64. The first-order valence-corrected chi connectivity index (χ1v) is 8.78. The Morgan fingerprint density at radius 3 is 2.19 bits per heavy atom. The van der Waals surface area contributed by atoms with Crippen LogP contribution < -0.4 is 5.32 Å². The van der Waals surface area contributed by atoms with Crippen molar-refractivity contribution in [1.82, 2.24) is 10.5 Å². The predicted octanol–water partition coefficient (Wildman–Crippen LogP) is 5.70. The summed E-state index contributed by atoms with van der Waals surface area (Å²) in [6, 6.07) is 19.3. The van der Waals surface area contributed by atoms with Gasteiger partial charge in [0.2, 0.25) is 0 Å². The minimum absolute atomic E-state index is 0.111. The van der Waals surface area contributed by atoms with Crippen LogP contribution in [0.5, 0.6) is 0 Å². The molecule has 1 unspecified atom stereocenters. The van der Waals surface area contributed by atoms with Crippen molar-refractivity contribution < 1.29 is 9.32 Å². The Bertz CT molecular complexity index is 920. The minimum atomic E-state index is -0.702. The molecule has 1 N–H and O–H groups in total. The molecule has 0 bridgehead atoms. The molecule has 1 aromatic heterocycles. The third-order valence-corrected chi connectivity index (χ3v) is 4.65. The van der Waals surface area contributed by atoms with Gasteiger partial charge in [-0.05, 0) is 5.56 Å². The summed E-state index contributed by atoms with van der Waals surface area (Å²) in [5, 5.41) is 6.72. The Kier molecular flexibility index (Phi) is 5.99. The van der Waals surface area contributed by atoms with Gasteiger partial charge in [-0.1, -0.05) is 101 Å². The fourth-order valence-electron chi connectivity index (χ4n) is 2.37. The summed E-state index contributed by atoms with van der Waals surface area (Å²) in [7, 11) is 0. The van der Waals surface area contributed by atoms with Crippen LogP contribution in [0.4, 0.5) is 0 Å². The molecule has 0 aliphatic rings. The molecule has 2 aromatic carbocycles. The molecular formula is C19H13Cl3N2O2. The standard InChI is InChI=1S/C19H13Cl3N2O2/c20-16(18(21)22)17(13-9-5-2-6-10-13)23-19(25)14-11-15(26-24-14)12-7-3-1-4-8-12/h1-11,17H,(H,23,25). The molecule has 4 nitrogen and oxygen atoms in total. The summed E-state index contributed by atoms with van der Waals surface area (Å²) < 4.78 is 5.14. The summed E-state index contributed by atoms with van der Waals surface area (Å²) in [5.74, 6) is 0.0292. The fraction of sp³-hybridized carbons (Fsp3) is 0.0526. The largest absolute Gasteiger partial charge is 0.355 e. The fourth-order valence-corrected chi connectivity index (χ4v) is 2.77. The molecule has 0 spiro atoms. The van der Waals surface area contributed by atoms with Crippen LogP contribution in [-0.2, 0) is 0 Å². The number of rotatable bonds is 5. The first-order valence-electron chi connectivity index (χ1n) is 7.65. The summed E-state index contributed by atoms with van der Waals surface area (Å²) in [4.78, 5) is 12.6. The van der Waals surface area contributed by atoms with E-state index in [1.54, 1.807) is 6.07 Å². The minimum Gasteiger partial charge on any atom is -0.355 e. The lowest BCUT2D eigenvalue weighted by atomic mass is 10.1. The zero-order valence-corrected chi connectivity index (χ0v) is 15.6. The van der Waals surface area contributed by atoms with E-state index >= 15 is 0 Å². The van der Waals surface area contributed by atoms with Crippen molar-refractivity contribution in [3.05, 3.63) is 87.5 Å². The van der Waals surface area contributed by atoms with Gasteiger partial charge in [-0.2, -0.15) is 0 Å². The second kappa shape index (κ2) is 8.41. The quantitative estimate of drug-likeness (QED) is 0.590. The number of carbonyl (C=O) groups is 1. The Hall–Kier alpha value is -2.27. The maximum absolute atomic E-state index is 12.6. The topological polar surface area (TPSA) is 55.1 Å². The number of amides is 1. The van der Waals surface area contributed by atoms with Crippen molar-refractivity contribution in [1.29, 1.82) is 0 Å². The highest BCUT2D eigenvalue weighted by molar-refractivity contribution is 6.59. The highest BCUT2D eigenvalue weighted by Gasteiger charge is 2.23. The molecule has 7 heteroatoms. The molecule has 0 fully saturated rings. The zero-order valence-electron chi connectivity index (χ0n) is 13.3. The third kappa shape index (κ3) is 4.28. The smallest absolute Gasteiger partial charge is 0.274 e. The van der Waals surface area contributed by atoms with Crippen LogP contribution in [0.1, 0.15) is 22.1 Å². The van der Waals surface area contributed by atoms with Gasteiger partial charge in [0, 0.05) is 11.6 Å². The second-order valence-electron chi connectivity index (χ2n) is 5.37. The number of hydrogen-bond acceptors (Lipinski definition) is 3. The molecule has 3 aromatic rings. The lowest BCUT2D eigenvalue weighted by Crippen LogP contribution is -2.29. The summed E-state index contributed by atoms with van der Waals surface area (Å²) in [6.45, 7) is 0. The second-order valence-corrected chi connectivity index (χ2v) is 6.72. The van der Waals surface area contributed by atoms with Crippen molar-refractivity contribution >= 4 is 40.7 Å². The van der Waals surface area contributed by atoms with Crippen molar-refractivity contribution in [3.63, 3.8) is 0 Å². The lowest BCUT2D eigenvalue weighted by molar-refractivity contribution is 0.0934. The number of benzene rings is 2. The number of halogens is 3. The highest BCUT2D eigenvalue weighted by Crippen LogP contribution is 2.31. The van der Waals surface area contributed by atoms with Crippen molar-refractivity contribution in [2.24, 2.45) is 0 Å². The van der Waals surface area contributed by atoms with Gasteiger partial charge in [0.1, 0.15) is 4.49 Å². The number of hydrogen-bond donors (Lipinski definition) is 1. The first kappa shape index (κ1) is 18.5. The van der Waals surface area contributed by atoms with Crippen molar-refractivity contribution in [2.75, 3.05) is 0 Å². The van der Waals surface area contributed by atoms with Crippen LogP contribution >= 0.6 is 34.8 Å². The van der Waals surface area contributed by atoms with Gasteiger partial charge in [0.15, 0.2) is 11.5 Å². The maximum Gasteiger partial charge on any atom is 0.274 e. The van der Waals surface area contributed by atoms with Crippen LogP contribution in [0.3, 0.4) is 0 Å². The van der Waals surface area contributed by atoms with E-state index in [2.05, 4.69) is 10.5 Å². The van der Waals surface area contributed by atoms with Gasteiger partial charge in [-0.3, -0.25) is 4.79 Å². The number of carbonyl (C=O) groups excluding carboxylic acids is 1. The Balaban J connectivity index is 1.85. The Morgan fingerprint density at radius 1 is 0.962 bits per heavy atom. The molecule has 3 rings (SSSR count). The number of aromatic nitrogens is 1. The molecule has 0 saturated carbocycles. The molecular weight excluding hydrogens is 395 g/mol. The van der Waals surface area contributed by atoms with Gasteiger partial charge in [-0.25, -0.2) is 0 Å². The maximum atomic E-state index is 12.6. The van der Waals surface area contributed by atoms with E-state index in [1.165, 1.54) is 0 Å². The van der Waals surface area contributed by atoms with E-state index in [0.717, 1.165) is 11.1 Å². The predicted molar refractivity (Wildman–Crippen MR) is 103 cm³/mol. The van der Waals surface area contributed by atoms with Gasteiger partial charge in [-0.15, -0.1) is 0 Å². The molecule has 132 valence electrons. The van der Waals surface area contributed by atoms with Crippen molar-refractivity contribution in [3.8, 4) is 11.3 Å². The average molecular weight is 408 g/mol. The number of nitrogens with zero attached hydrogens (tertiary/aromatic N) is 1. The molecule has 0 aliphatic heterocycles. The van der Waals surface area contributed by atoms with Gasteiger partial charge in [0.05, 0.1) is 11.1 Å². The molecule has 0 radical (unpaired) electrons. The monoisotopic (exact) mass is 406 g/mol. The molecule has 0 aliphatic carbocycles. The zero-order chi connectivity index (χ0) is 18.5. The van der Waals surface area contributed by atoms with Crippen LogP contribution in [0.2, 0.25) is 0 Å². The first-order chi connectivity index (χ1) is 12.6. The number of nitrogens with one attached hydrogen (secondary N) is 1. The highest BCUT2D eigenvalue weighted by atomic mass is 35.5. The average Bonchev–Trinajstić information content (AvgIpc) is 3.17. The molecule has 0 saturated heterocycles. The Labute approximate surface area is 165 Å². The molecule has 1 amide bonds. The van der Waals surface area contributed by atoms with Gasteiger partial charge < -0.3 is 9.84 Å². The molecule has 1 atom stereocenters. The Morgan fingerprint density at radius 2 is 1.58 bits per heavy atom. The SMILES string of the molecule is O=C(NC(C(Cl)=C(Cl)Cl)c1ccccc1)c1cc(-c2ccccc2)on1. The van der Waals surface area contributed by atoms with E-state index < -0.39 is 11.9 Å². The summed E-state index contributed by atoms with van der Waals surface area (Å²) in [6.07, 6.45) is 0. The van der Waals surface area contributed by atoms with Gasteiger partial charge in [0.25, 0.3) is 5.91 Å². The van der Waals surface area contributed by atoms with Gasteiger partial charge >= 0.3 is 0 Å². The van der Waals surface area contributed by atoms with E-state index in [-0.39, 0.29) is 15.2 Å². The van der Waals surface area contributed by atoms with Crippen LogP contribution in [0.25, 0.3) is 11.3 Å². The normalized spacial score (nSPS) is 11.7. The summed E-state index contributed by atoms with van der Waals surface area (Å²) >= 11 is 17.8. The molecule has 1 heterocycles. The lowest BCUT2D eigenvalue weighted by Gasteiger charge is -2.18. The van der Waals surface area contributed by atoms with Crippen LogP contribution in [-0.4, -0.2) is 11.1 Å². The van der Waals surface area contributed by atoms with E-state index in [1.807, 2.05) is 60.7 Å². The van der Waals surface area contributed by atoms with E-state index in [9.17, 15) is 4.79 Å².